The number of halogens is 1. The molecule has 0 aliphatic carbocycles. The topological polar surface area (TPSA) is 29.5 Å². The van der Waals surface area contributed by atoms with E-state index in [0.29, 0.717) is 18.6 Å². The lowest BCUT2D eigenvalue weighted by Gasteiger charge is -2.11. The highest BCUT2D eigenvalue weighted by Gasteiger charge is 2.07. The van der Waals surface area contributed by atoms with E-state index in [-0.39, 0.29) is 5.82 Å². The summed E-state index contributed by atoms with van der Waals surface area (Å²) < 4.78 is 18.2. The summed E-state index contributed by atoms with van der Waals surface area (Å²) >= 11 is 0. The van der Waals surface area contributed by atoms with E-state index in [4.69, 9.17) is 4.74 Å². The molecule has 1 unspecified atom stereocenters. The van der Waals surface area contributed by atoms with Gasteiger partial charge in [-0.05, 0) is 29.8 Å². The van der Waals surface area contributed by atoms with E-state index in [2.05, 4.69) is 0 Å². The summed E-state index contributed by atoms with van der Waals surface area (Å²) in [4.78, 5) is 0. The van der Waals surface area contributed by atoms with Gasteiger partial charge >= 0.3 is 0 Å². The van der Waals surface area contributed by atoms with Crippen molar-refractivity contribution in [3.63, 3.8) is 0 Å². The molecule has 0 radical (unpaired) electrons. The lowest BCUT2D eigenvalue weighted by Crippen LogP contribution is -2.05. The molecule has 3 heteroatoms. The molecular formula is C15H15FO2. The minimum Gasteiger partial charge on any atom is -0.493 e. The molecule has 0 bridgehead atoms. The SMILES string of the molecule is OC(CCOc1ccccc1)c1ccc(F)cc1. The molecule has 0 aliphatic rings. The van der Waals surface area contributed by atoms with Crippen LogP contribution in [0.5, 0.6) is 5.75 Å². The van der Waals surface area contributed by atoms with E-state index in [1.165, 1.54) is 12.1 Å². The average Bonchev–Trinajstić information content (AvgIpc) is 2.40. The average molecular weight is 246 g/mol. The maximum absolute atomic E-state index is 12.7. The minimum absolute atomic E-state index is 0.300. The molecule has 0 saturated heterocycles. The third kappa shape index (κ3) is 3.57. The molecule has 1 N–H and O–H groups in total. The minimum atomic E-state index is -0.630. The Balaban J connectivity index is 1.81. The molecule has 2 rings (SSSR count). The predicted molar refractivity (Wildman–Crippen MR) is 67.9 cm³/mol. The number of aliphatic hydroxyl groups is 1. The van der Waals surface area contributed by atoms with Gasteiger partial charge in [0.2, 0.25) is 0 Å². The van der Waals surface area contributed by atoms with Crippen LogP contribution in [0.3, 0.4) is 0 Å². The normalized spacial score (nSPS) is 12.1. The van der Waals surface area contributed by atoms with Crippen LogP contribution < -0.4 is 4.74 Å². The van der Waals surface area contributed by atoms with Gasteiger partial charge in [-0.25, -0.2) is 4.39 Å². The van der Waals surface area contributed by atoms with E-state index >= 15 is 0 Å². The van der Waals surface area contributed by atoms with Crippen LogP contribution >= 0.6 is 0 Å². The van der Waals surface area contributed by atoms with E-state index < -0.39 is 6.10 Å². The summed E-state index contributed by atoms with van der Waals surface area (Å²) in [6.07, 6.45) is -0.158. The zero-order valence-electron chi connectivity index (χ0n) is 9.92. The van der Waals surface area contributed by atoms with Crippen molar-refractivity contribution in [1.29, 1.82) is 0 Å². The van der Waals surface area contributed by atoms with Crippen molar-refractivity contribution in [2.24, 2.45) is 0 Å². The Morgan fingerprint density at radius 3 is 2.33 bits per heavy atom. The van der Waals surface area contributed by atoms with E-state index in [1.807, 2.05) is 30.3 Å². The highest BCUT2D eigenvalue weighted by Crippen LogP contribution is 2.17. The smallest absolute Gasteiger partial charge is 0.123 e. The summed E-state index contributed by atoms with van der Waals surface area (Å²) in [6, 6.07) is 15.3. The molecule has 0 spiro atoms. The van der Waals surface area contributed by atoms with Gasteiger partial charge in [0.1, 0.15) is 11.6 Å². The number of ether oxygens (including phenoxy) is 1. The maximum Gasteiger partial charge on any atom is 0.123 e. The second kappa shape index (κ2) is 6.17. The van der Waals surface area contributed by atoms with Gasteiger partial charge in [-0.2, -0.15) is 0 Å². The van der Waals surface area contributed by atoms with Crippen molar-refractivity contribution in [3.8, 4) is 5.75 Å². The van der Waals surface area contributed by atoms with Crippen LogP contribution in [0.15, 0.2) is 54.6 Å². The van der Waals surface area contributed by atoms with E-state index in [1.54, 1.807) is 12.1 Å². The molecule has 2 aromatic rings. The quantitative estimate of drug-likeness (QED) is 0.876. The van der Waals surface area contributed by atoms with Crippen LogP contribution in [0.25, 0.3) is 0 Å². The first-order chi connectivity index (χ1) is 8.75. The Kier molecular flexibility index (Phi) is 4.31. The first kappa shape index (κ1) is 12.6. The van der Waals surface area contributed by atoms with Gasteiger partial charge in [0.15, 0.2) is 0 Å². The van der Waals surface area contributed by atoms with Gasteiger partial charge in [0, 0.05) is 6.42 Å². The molecule has 2 nitrogen and oxygen atoms in total. The Bertz CT molecular complexity index is 468. The van der Waals surface area contributed by atoms with Gasteiger partial charge in [-0.15, -0.1) is 0 Å². The summed E-state index contributed by atoms with van der Waals surface area (Å²) in [6.45, 7) is 0.419. The summed E-state index contributed by atoms with van der Waals surface area (Å²) in [5.41, 5.74) is 0.702. The number of benzene rings is 2. The zero-order chi connectivity index (χ0) is 12.8. The van der Waals surface area contributed by atoms with Gasteiger partial charge in [-0.3, -0.25) is 0 Å². The molecule has 0 aliphatic heterocycles. The lowest BCUT2D eigenvalue weighted by atomic mass is 10.1. The van der Waals surface area contributed by atoms with Crippen LogP contribution in [0.1, 0.15) is 18.1 Å². The van der Waals surface area contributed by atoms with Gasteiger partial charge in [0.05, 0.1) is 12.7 Å². The molecule has 0 amide bonds. The lowest BCUT2D eigenvalue weighted by molar-refractivity contribution is 0.140. The van der Waals surface area contributed by atoms with Crippen molar-refractivity contribution in [1.82, 2.24) is 0 Å². The highest BCUT2D eigenvalue weighted by atomic mass is 19.1. The van der Waals surface area contributed by atoms with E-state index in [0.717, 1.165) is 5.75 Å². The number of hydrogen-bond acceptors (Lipinski definition) is 2. The molecule has 2 aromatic carbocycles. The largest absolute Gasteiger partial charge is 0.493 e. The molecule has 18 heavy (non-hydrogen) atoms. The number of rotatable bonds is 5. The monoisotopic (exact) mass is 246 g/mol. The first-order valence-corrected chi connectivity index (χ1v) is 5.87. The van der Waals surface area contributed by atoms with Crippen LogP contribution in [-0.4, -0.2) is 11.7 Å². The van der Waals surface area contributed by atoms with Gasteiger partial charge < -0.3 is 9.84 Å². The van der Waals surface area contributed by atoms with Gasteiger partial charge in [0.25, 0.3) is 0 Å². The van der Waals surface area contributed by atoms with Gasteiger partial charge in [-0.1, -0.05) is 30.3 Å². The van der Waals surface area contributed by atoms with Crippen molar-refractivity contribution in [3.05, 3.63) is 66.0 Å². The zero-order valence-corrected chi connectivity index (χ0v) is 9.92. The molecule has 0 aromatic heterocycles. The fourth-order valence-electron chi connectivity index (χ4n) is 1.66. The summed E-state index contributed by atoms with van der Waals surface area (Å²) in [5.74, 6) is 0.482. The maximum atomic E-state index is 12.7. The Morgan fingerprint density at radius 1 is 1.00 bits per heavy atom. The van der Waals surface area contributed by atoms with Crippen LogP contribution in [-0.2, 0) is 0 Å². The van der Waals surface area contributed by atoms with Crippen molar-refractivity contribution in [2.75, 3.05) is 6.61 Å². The van der Waals surface area contributed by atoms with E-state index in [9.17, 15) is 9.50 Å². The molecule has 0 saturated carbocycles. The standard InChI is InChI=1S/C15H15FO2/c16-13-8-6-12(7-9-13)15(17)10-11-18-14-4-2-1-3-5-14/h1-9,15,17H,10-11H2. The first-order valence-electron chi connectivity index (χ1n) is 5.87. The molecular weight excluding hydrogens is 231 g/mol. The van der Waals surface area contributed by atoms with Crippen LogP contribution in [0.4, 0.5) is 4.39 Å². The van der Waals surface area contributed by atoms with Crippen molar-refractivity contribution >= 4 is 0 Å². The van der Waals surface area contributed by atoms with Crippen LogP contribution in [0, 0.1) is 5.82 Å². The second-order valence-corrected chi connectivity index (χ2v) is 4.02. The van der Waals surface area contributed by atoms with Crippen molar-refractivity contribution < 1.29 is 14.2 Å². The molecule has 94 valence electrons. The Morgan fingerprint density at radius 2 is 1.67 bits per heavy atom. The summed E-state index contributed by atoms with van der Waals surface area (Å²) in [7, 11) is 0. The highest BCUT2D eigenvalue weighted by molar-refractivity contribution is 5.21. The Hall–Kier alpha value is -1.87. The number of para-hydroxylation sites is 1. The van der Waals surface area contributed by atoms with Crippen molar-refractivity contribution in [2.45, 2.75) is 12.5 Å². The number of hydrogen-bond donors (Lipinski definition) is 1. The second-order valence-electron chi connectivity index (χ2n) is 4.02. The fraction of sp³-hybridized carbons (Fsp3) is 0.200. The molecule has 1 atom stereocenters. The Labute approximate surface area is 106 Å². The van der Waals surface area contributed by atoms with Crippen LogP contribution in [0.2, 0.25) is 0 Å². The third-order valence-electron chi connectivity index (χ3n) is 2.66. The molecule has 0 fully saturated rings. The summed E-state index contributed by atoms with van der Waals surface area (Å²) in [5, 5.41) is 9.89. The fourth-order valence-corrected chi connectivity index (χ4v) is 1.66. The number of aliphatic hydroxyl groups excluding tert-OH is 1. The predicted octanol–water partition coefficient (Wildman–Crippen LogP) is 3.33. The third-order valence-corrected chi connectivity index (χ3v) is 2.66. The molecule has 0 heterocycles.